The topological polar surface area (TPSA) is 134 Å². The third-order valence-electron chi connectivity index (χ3n) is 2.70. The molecule has 2 aromatic rings. The van der Waals surface area contributed by atoms with Crippen molar-refractivity contribution in [1.29, 1.82) is 5.41 Å². The maximum Gasteiger partial charge on any atom is 0.335 e. The Morgan fingerprint density at radius 3 is 1.95 bits per heavy atom. The molecule has 0 saturated carbocycles. The molecule has 2 aromatic carbocycles. The quantitative estimate of drug-likeness (QED) is 0.252. The van der Waals surface area contributed by atoms with Gasteiger partial charge >= 0.3 is 5.97 Å². The van der Waals surface area contributed by atoms with Crippen molar-refractivity contribution in [2.75, 3.05) is 12.5 Å². The van der Waals surface area contributed by atoms with Crippen LogP contribution in [0.15, 0.2) is 48.5 Å². The summed E-state index contributed by atoms with van der Waals surface area (Å²) >= 11 is 0. The zero-order valence-corrected chi connectivity index (χ0v) is 12.0. The largest absolute Gasteiger partial charge is 0.497 e. The molecule has 7 nitrogen and oxygen atoms in total. The molecule has 0 amide bonds. The molecule has 0 spiro atoms. The molecule has 0 bridgehead atoms. The summed E-state index contributed by atoms with van der Waals surface area (Å²) in [6.07, 6.45) is 0. The van der Waals surface area contributed by atoms with Gasteiger partial charge in [0, 0.05) is 11.3 Å². The lowest BCUT2D eigenvalue weighted by atomic mass is 10.2. The van der Waals surface area contributed by atoms with E-state index in [1.54, 1.807) is 43.5 Å². The number of carboxylic acid groups (broad SMARTS) is 1. The van der Waals surface area contributed by atoms with E-state index in [1.807, 2.05) is 0 Å². The first-order chi connectivity index (χ1) is 10.5. The van der Waals surface area contributed by atoms with Crippen LogP contribution in [0.2, 0.25) is 0 Å². The van der Waals surface area contributed by atoms with Crippen molar-refractivity contribution >= 4 is 17.5 Å². The van der Waals surface area contributed by atoms with Crippen LogP contribution in [0.3, 0.4) is 0 Å². The first-order valence-corrected chi connectivity index (χ1v) is 6.26. The number of hydrogen-bond donors (Lipinski definition) is 5. The molecule has 7 heteroatoms. The summed E-state index contributed by atoms with van der Waals surface area (Å²) in [5, 5.41) is 15.6. The Morgan fingerprint density at radius 2 is 1.59 bits per heavy atom. The molecule has 0 saturated heterocycles. The molecule has 0 unspecified atom stereocenters. The summed E-state index contributed by atoms with van der Waals surface area (Å²) in [6, 6.07) is 13.2. The minimum absolute atomic E-state index is 0.0765. The highest BCUT2D eigenvalue weighted by Crippen LogP contribution is 2.10. The SMILES string of the molecule is COc1ccc(C(=N)N)cc1.NNc1ccc(C(=O)O)cc1. The third kappa shape index (κ3) is 5.14. The first kappa shape index (κ1) is 17.0. The van der Waals surface area contributed by atoms with E-state index in [1.165, 1.54) is 12.1 Å². The molecule has 2 rings (SSSR count). The van der Waals surface area contributed by atoms with Crippen LogP contribution in [0.25, 0.3) is 0 Å². The van der Waals surface area contributed by atoms with Gasteiger partial charge in [0.1, 0.15) is 11.6 Å². The van der Waals surface area contributed by atoms with Crippen LogP contribution in [0.1, 0.15) is 15.9 Å². The number of amidine groups is 1. The van der Waals surface area contributed by atoms with E-state index in [2.05, 4.69) is 5.43 Å². The molecular formula is C15H18N4O3. The fourth-order valence-corrected chi connectivity index (χ4v) is 1.48. The molecule has 0 aliphatic carbocycles. The number of aromatic carboxylic acids is 1. The Morgan fingerprint density at radius 1 is 1.09 bits per heavy atom. The van der Waals surface area contributed by atoms with Crippen LogP contribution in [-0.2, 0) is 0 Å². The number of methoxy groups -OCH3 is 1. The normalized spacial score (nSPS) is 9.18. The number of hydrazine groups is 1. The van der Waals surface area contributed by atoms with Crippen molar-refractivity contribution < 1.29 is 14.6 Å². The average Bonchev–Trinajstić information content (AvgIpc) is 2.55. The summed E-state index contributed by atoms with van der Waals surface area (Å²) < 4.78 is 4.94. The third-order valence-corrected chi connectivity index (χ3v) is 2.70. The van der Waals surface area contributed by atoms with Crippen LogP contribution in [0.5, 0.6) is 5.75 Å². The second kappa shape index (κ2) is 8.28. The van der Waals surface area contributed by atoms with E-state index < -0.39 is 5.97 Å². The van der Waals surface area contributed by atoms with E-state index in [9.17, 15) is 4.79 Å². The van der Waals surface area contributed by atoms with E-state index in [-0.39, 0.29) is 11.4 Å². The van der Waals surface area contributed by atoms with E-state index >= 15 is 0 Å². The maximum absolute atomic E-state index is 10.3. The summed E-state index contributed by atoms with van der Waals surface area (Å²) in [5.41, 5.74) is 9.31. The minimum atomic E-state index is -0.937. The molecule has 0 aliphatic heterocycles. The summed E-state index contributed by atoms with van der Waals surface area (Å²) in [6.45, 7) is 0. The minimum Gasteiger partial charge on any atom is -0.497 e. The van der Waals surface area contributed by atoms with Gasteiger partial charge in [-0.1, -0.05) is 0 Å². The zero-order valence-electron chi connectivity index (χ0n) is 12.0. The highest BCUT2D eigenvalue weighted by atomic mass is 16.5. The summed E-state index contributed by atoms with van der Waals surface area (Å²) in [7, 11) is 1.60. The Hall–Kier alpha value is -3.06. The number of anilines is 1. The number of nitrogens with two attached hydrogens (primary N) is 2. The summed E-state index contributed by atoms with van der Waals surface area (Å²) in [4.78, 5) is 10.3. The van der Waals surface area contributed by atoms with Crippen molar-refractivity contribution in [3.05, 3.63) is 59.7 Å². The highest BCUT2D eigenvalue weighted by molar-refractivity contribution is 5.94. The number of rotatable bonds is 4. The van der Waals surface area contributed by atoms with Gasteiger partial charge in [0.15, 0.2) is 0 Å². The monoisotopic (exact) mass is 302 g/mol. The first-order valence-electron chi connectivity index (χ1n) is 6.26. The predicted molar refractivity (Wildman–Crippen MR) is 85.2 cm³/mol. The number of carboxylic acids is 1. The van der Waals surface area contributed by atoms with Crippen molar-refractivity contribution in [1.82, 2.24) is 0 Å². The summed E-state index contributed by atoms with van der Waals surface area (Å²) in [5.74, 6) is 4.99. The Labute approximate surface area is 128 Å². The van der Waals surface area contributed by atoms with Gasteiger partial charge in [-0.05, 0) is 48.5 Å². The maximum atomic E-state index is 10.3. The molecular weight excluding hydrogens is 284 g/mol. The van der Waals surface area contributed by atoms with Gasteiger partial charge in [-0.15, -0.1) is 0 Å². The lowest BCUT2D eigenvalue weighted by molar-refractivity contribution is 0.0697. The molecule has 0 aliphatic rings. The van der Waals surface area contributed by atoms with Crippen molar-refractivity contribution in [2.45, 2.75) is 0 Å². The van der Waals surface area contributed by atoms with E-state index in [4.69, 9.17) is 26.8 Å². The van der Waals surface area contributed by atoms with Crippen LogP contribution >= 0.6 is 0 Å². The van der Waals surface area contributed by atoms with Gasteiger partial charge in [0.2, 0.25) is 0 Å². The predicted octanol–water partition coefficient (Wildman–Crippen LogP) is 1.65. The van der Waals surface area contributed by atoms with Gasteiger partial charge in [-0.2, -0.15) is 0 Å². The fraction of sp³-hybridized carbons (Fsp3) is 0.0667. The highest BCUT2D eigenvalue weighted by Gasteiger charge is 1.99. The molecule has 0 atom stereocenters. The van der Waals surface area contributed by atoms with Gasteiger partial charge in [0.25, 0.3) is 0 Å². The second-order valence-electron chi connectivity index (χ2n) is 4.17. The molecule has 22 heavy (non-hydrogen) atoms. The number of hydrogen-bond acceptors (Lipinski definition) is 5. The average molecular weight is 302 g/mol. The molecule has 0 heterocycles. The van der Waals surface area contributed by atoms with Gasteiger partial charge < -0.3 is 21.0 Å². The molecule has 0 aromatic heterocycles. The molecule has 116 valence electrons. The Kier molecular flexibility index (Phi) is 6.39. The molecule has 7 N–H and O–H groups in total. The Balaban J connectivity index is 0.000000220. The fourth-order valence-electron chi connectivity index (χ4n) is 1.48. The van der Waals surface area contributed by atoms with Crippen molar-refractivity contribution in [3.63, 3.8) is 0 Å². The van der Waals surface area contributed by atoms with Gasteiger partial charge in [-0.25, -0.2) is 4.79 Å². The number of carbonyl (C=O) groups is 1. The van der Waals surface area contributed by atoms with E-state index in [0.29, 0.717) is 11.3 Å². The zero-order chi connectivity index (χ0) is 16.5. The smallest absolute Gasteiger partial charge is 0.335 e. The number of nitrogen functional groups attached to an aromatic ring is 2. The second-order valence-corrected chi connectivity index (χ2v) is 4.17. The lowest BCUT2D eigenvalue weighted by Gasteiger charge is -2.00. The lowest BCUT2D eigenvalue weighted by Crippen LogP contribution is -2.10. The van der Waals surface area contributed by atoms with Crippen molar-refractivity contribution in [3.8, 4) is 5.75 Å². The molecule has 0 radical (unpaired) electrons. The van der Waals surface area contributed by atoms with Crippen LogP contribution < -0.4 is 21.7 Å². The van der Waals surface area contributed by atoms with Gasteiger partial charge in [0.05, 0.1) is 12.7 Å². The van der Waals surface area contributed by atoms with Gasteiger partial charge in [-0.3, -0.25) is 11.3 Å². The van der Waals surface area contributed by atoms with Crippen LogP contribution in [0, 0.1) is 5.41 Å². The molecule has 0 fully saturated rings. The van der Waals surface area contributed by atoms with Crippen LogP contribution in [-0.4, -0.2) is 24.0 Å². The van der Waals surface area contributed by atoms with E-state index in [0.717, 1.165) is 5.75 Å². The number of ether oxygens (including phenoxy) is 1. The standard InChI is InChI=1S/C8H10N2O.C7H8N2O2/c1-11-7-4-2-6(3-5-7)8(9)10;8-9-6-3-1-5(2-4-6)7(10)11/h2-5H,1H3,(H3,9,10);1-4,9H,8H2,(H,10,11). The van der Waals surface area contributed by atoms with Crippen LogP contribution in [0.4, 0.5) is 5.69 Å². The Bertz CT molecular complexity index is 567. The number of benzene rings is 2. The number of nitrogens with one attached hydrogen (secondary N) is 2. The van der Waals surface area contributed by atoms with Crippen molar-refractivity contribution in [2.24, 2.45) is 11.6 Å².